The van der Waals surface area contributed by atoms with Crippen molar-refractivity contribution < 1.29 is 18.8 Å². The van der Waals surface area contributed by atoms with Crippen LogP contribution in [0.15, 0.2) is 28.8 Å². The molecule has 8 heteroatoms. The number of nitrogens with one attached hydrogen (secondary N) is 1. The summed E-state index contributed by atoms with van der Waals surface area (Å²) < 4.78 is 16.2. The molecule has 1 aliphatic rings. The topological polar surface area (TPSA) is 89.7 Å². The van der Waals surface area contributed by atoms with Crippen molar-refractivity contribution in [2.75, 3.05) is 39.9 Å². The van der Waals surface area contributed by atoms with Crippen molar-refractivity contribution in [3.63, 3.8) is 0 Å². The number of aromatic nitrogens is 2. The molecule has 1 atom stereocenters. The third-order valence-electron chi connectivity index (χ3n) is 4.76. The van der Waals surface area contributed by atoms with E-state index in [0.717, 1.165) is 30.9 Å². The van der Waals surface area contributed by atoms with E-state index in [0.29, 0.717) is 43.6 Å². The van der Waals surface area contributed by atoms with Gasteiger partial charge in [0.05, 0.1) is 19.8 Å². The molecule has 1 unspecified atom stereocenters. The number of rotatable bonds is 9. The molecule has 1 amide bonds. The molecule has 8 nitrogen and oxygen atoms in total. The van der Waals surface area contributed by atoms with Crippen molar-refractivity contribution in [1.82, 2.24) is 20.4 Å². The van der Waals surface area contributed by atoms with Gasteiger partial charge in [-0.15, -0.1) is 0 Å². The number of nitrogens with zero attached hydrogens (tertiary/aromatic N) is 3. The fourth-order valence-corrected chi connectivity index (χ4v) is 3.34. The van der Waals surface area contributed by atoms with E-state index in [1.165, 1.54) is 0 Å². The first-order valence-electron chi connectivity index (χ1n) is 10.1. The maximum Gasteiger partial charge on any atom is 0.227 e. The second kappa shape index (κ2) is 10.4. The normalized spacial score (nSPS) is 17.4. The fraction of sp³-hybridized carbons (Fsp3) is 0.571. The van der Waals surface area contributed by atoms with E-state index in [-0.39, 0.29) is 12.0 Å². The Morgan fingerprint density at radius 2 is 2.14 bits per heavy atom. The quantitative estimate of drug-likeness (QED) is 0.687. The van der Waals surface area contributed by atoms with Crippen LogP contribution in [0.25, 0.3) is 11.4 Å². The fourth-order valence-electron chi connectivity index (χ4n) is 3.34. The molecule has 2 aromatic rings. The number of methoxy groups -OCH3 is 1. The number of hydrogen-bond donors (Lipinski definition) is 1. The first kappa shape index (κ1) is 21.3. The highest BCUT2D eigenvalue weighted by Crippen LogP contribution is 2.20. The first-order valence-corrected chi connectivity index (χ1v) is 10.1. The third kappa shape index (κ3) is 6.54. The van der Waals surface area contributed by atoms with Gasteiger partial charge in [-0.3, -0.25) is 9.69 Å². The van der Waals surface area contributed by atoms with Crippen molar-refractivity contribution in [3.8, 4) is 17.1 Å². The molecule has 29 heavy (non-hydrogen) atoms. The summed E-state index contributed by atoms with van der Waals surface area (Å²) in [5, 5.41) is 6.94. The van der Waals surface area contributed by atoms with Gasteiger partial charge in [-0.25, -0.2) is 0 Å². The molecule has 0 spiro atoms. The van der Waals surface area contributed by atoms with Crippen molar-refractivity contribution in [3.05, 3.63) is 30.2 Å². The summed E-state index contributed by atoms with van der Waals surface area (Å²) in [5.74, 6) is 2.30. The highest BCUT2D eigenvalue weighted by molar-refractivity contribution is 5.76. The molecule has 2 heterocycles. The van der Waals surface area contributed by atoms with Crippen LogP contribution in [0.2, 0.25) is 0 Å². The zero-order valence-corrected chi connectivity index (χ0v) is 17.4. The number of carbonyl (C=O) groups excluding carboxylic acids is 1. The summed E-state index contributed by atoms with van der Waals surface area (Å²) >= 11 is 0. The number of ether oxygens (including phenoxy) is 2. The predicted octanol–water partition coefficient (Wildman–Crippen LogP) is 2.15. The molecule has 1 aromatic carbocycles. The molecule has 1 fully saturated rings. The molecule has 1 aliphatic heterocycles. The molecular weight excluding hydrogens is 372 g/mol. The lowest BCUT2D eigenvalue weighted by atomic mass is 10.2. The third-order valence-corrected chi connectivity index (χ3v) is 4.76. The Hall–Kier alpha value is -2.45. The van der Waals surface area contributed by atoms with E-state index in [1.54, 1.807) is 7.11 Å². The zero-order valence-electron chi connectivity index (χ0n) is 17.4. The van der Waals surface area contributed by atoms with Gasteiger partial charge in [-0.05, 0) is 30.2 Å². The van der Waals surface area contributed by atoms with E-state index in [4.69, 9.17) is 14.0 Å². The van der Waals surface area contributed by atoms with Crippen LogP contribution in [-0.4, -0.2) is 66.9 Å². The van der Waals surface area contributed by atoms with Crippen molar-refractivity contribution in [2.24, 2.45) is 5.92 Å². The lowest BCUT2D eigenvalue weighted by Crippen LogP contribution is -2.48. The Balaban J connectivity index is 1.41. The standard InChI is InChI=1S/C21H30N4O4/c1-15(2)13-25-10-11-28-18(14-25)12-22-19(26)8-9-20-23-21(24-29-20)16-4-6-17(27-3)7-5-16/h4-7,15,18H,8-14H2,1-3H3,(H,22,26). The van der Waals surface area contributed by atoms with E-state index >= 15 is 0 Å². The largest absolute Gasteiger partial charge is 0.497 e. The molecule has 158 valence electrons. The summed E-state index contributed by atoms with van der Waals surface area (Å²) in [5.41, 5.74) is 0.839. The van der Waals surface area contributed by atoms with Crippen LogP contribution in [0.1, 0.15) is 26.2 Å². The van der Waals surface area contributed by atoms with Crippen LogP contribution in [0.3, 0.4) is 0 Å². The lowest BCUT2D eigenvalue weighted by molar-refractivity contribution is -0.122. The van der Waals surface area contributed by atoms with Gasteiger partial charge in [0.1, 0.15) is 5.75 Å². The smallest absolute Gasteiger partial charge is 0.227 e. The highest BCUT2D eigenvalue weighted by atomic mass is 16.5. The number of benzene rings is 1. The Morgan fingerprint density at radius 3 is 2.86 bits per heavy atom. The summed E-state index contributed by atoms with van der Waals surface area (Å²) in [6.07, 6.45) is 0.740. The Kier molecular flexibility index (Phi) is 7.60. The van der Waals surface area contributed by atoms with Crippen LogP contribution >= 0.6 is 0 Å². The minimum atomic E-state index is -0.0428. The molecule has 1 saturated heterocycles. The number of hydrogen-bond acceptors (Lipinski definition) is 7. The van der Waals surface area contributed by atoms with Crippen molar-refractivity contribution in [1.29, 1.82) is 0 Å². The number of carbonyl (C=O) groups is 1. The van der Waals surface area contributed by atoms with Gasteiger partial charge >= 0.3 is 0 Å². The molecule has 0 aliphatic carbocycles. The maximum absolute atomic E-state index is 12.2. The Labute approximate surface area is 171 Å². The van der Waals surface area contributed by atoms with Gasteiger partial charge in [0.2, 0.25) is 17.6 Å². The van der Waals surface area contributed by atoms with Gasteiger partial charge in [-0.1, -0.05) is 19.0 Å². The summed E-state index contributed by atoms with van der Waals surface area (Å²) in [6, 6.07) is 7.42. The minimum absolute atomic E-state index is 0.0385. The van der Waals surface area contributed by atoms with Gasteiger partial charge in [0.15, 0.2) is 0 Å². The van der Waals surface area contributed by atoms with Crippen LogP contribution in [0.4, 0.5) is 0 Å². The number of morpholine rings is 1. The minimum Gasteiger partial charge on any atom is -0.497 e. The van der Waals surface area contributed by atoms with Gasteiger partial charge < -0.3 is 19.3 Å². The average molecular weight is 402 g/mol. The van der Waals surface area contributed by atoms with Gasteiger partial charge in [0, 0.05) is 44.6 Å². The van der Waals surface area contributed by atoms with Crippen LogP contribution in [-0.2, 0) is 16.0 Å². The second-order valence-corrected chi connectivity index (χ2v) is 7.69. The lowest BCUT2D eigenvalue weighted by Gasteiger charge is -2.33. The average Bonchev–Trinajstić information content (AvgIpc) is 3.20. The molecule has 1 aromatic heterocycles. The highest BCUT2D eigenvalue weighted by Gasteiger charge is 2.21. The zero-order chi connectivity index (χ0) is 20.6. The molecule has 1 N–H and O–H groups in total. The van der Waals surface area contributed by atoms with Crippen LogP contribution in [0.5, 0.6) is 5.75 Å². The van der Waals surface area contributed by atoms with Crippen molar-refractivity contribution in [2.45, 2.75) is 32.8 Å². The molecule has 0 saturated carbocycles. The molecule has 3 rings (SSSR count). The van der Waals surface area contributed by atoms with Gasteiger partial charge in [-0.2, -0.15) is 4.98 Å². The van der Waals surface area contributed by atoms with Crippen molar-refractivity contribution >= 4 is 5.91 Å². The van der Waals surface area contributed by atoms with Crippen LogP contribution in [0, 0.1) is 5.92 Å². The van der Waals surface area contributed by atoms with E-state index in [2.05, 4.69) is 34.2 Å². The summed E-state index contributed by atoms with van der Waals surface area (Å²) in [7, 11) is 1.62. The first-order chi connectivity index (χ1) is 14.0. The Bertz CT molecular complexity index is 775. The SMILES string of the molecule is COc1ccc(-c2noc(CCC(=O)NCC3CN(CC(C)C)CCO3)n2)cc1. The number of aryl methyl sites for hydroxylation is 1. The Morgan fingerprint density at radius 1 is 1.34 bits per heavy atom. The van der Waals surface area contributed by atoms with E-state index < -0.39 is 0 Å². The summed E-state index contributed by atoms with van der Waals surface area (Å²) in [4.78, 5) is 18.9. The summed E-state index contributed by atoms with van der Waals surface area (Å²) in [6.45, 7) is 8.52. The van der Waals surface area contributed by atoms with Gasteiger partial charge in [0.25, 0.3) is 0 Å². The van der Waals surface area contributed by atoms with E-state index in [1.807, 2.05) is 24.3 Å². The molecule has 0 bridgehead atoms. The monoisotopic (exact) mass is 402 g/mol. The predicted molar refractivity (Wildman–Crippen MR) is 109 cm³/mol. The molecular formula is C21H30N4O4. The maximum atomic E-state index is 12.2. The van der Waals surface area contributed by atoms with E-state index in [9.17, 15) is 4.79 Å². The van der Waals surface area contributed by atoms with Crippen LogP contribution < -0.4 is 10.1 Å². The molecule has 0 radical (unpaired) electrons. The number of amides is 1. The second-order valence-electron chi connectivity index (χ2n) is 7.69.